The fourth-order valence-electron chi connectivity index (χ4n) is 1.43. The minimum absolute atomic E-state index is 0.458. The normalized spacial score (nSPS) is 14.3. The summed E-state index contributed by atoms with van der Waals surface area (Å²) in [5.74, 6) is -0.960. The van der Waals surface area contributed by atoms with Crippen LogP contribution in [0.15, 0.2) is 0 Å². The lowest BCUT2D eigenvalue weighted by atomic mass is 9.97. The van der Waals surface area contributed by atoms with Crippen molar-refractivity contribution < 1.29 is 24.1 Å². The van der Waals surface area contributed by atoms with E-state index < -0.39 is 11.5 Å². The number of carboxylic acid groups (broad SMARTS) is 1. The van der Waals surface area contributed by atoms with E-state index in [0.717, 1.165) is 19.3 Å². The molecule has 0 aromatic carbocycles. The van der Waals surface area contributed by atoms with Gasteiger partial charge in [0.2, 0.25) is 0 Å². The number of hydrogen-bond acceptors (Lipinski definition) is 5. The van der Waals surface area contributed by atoms with Crippen molar-refractivity contribution in [2.24, 2.45) is 5.73 Å². The van der Waals surface area contributed by atoms with Crippen molar-refractivity contribution in [3.8, 4) is 0 Å². The zero-order valence-electron chi connectivity index (χ0n) is 12.0. The van der Waals surface area contributed by atoms with Crippen molar-refractivity contribution in [1.82, 2.24) is 0 Å². The maximum Gasteiger partial charge on any atom is 0.323 e. The average molecular weight is 277 g/mol. The Morgan fingerprint density at radius 2 is 1.63 bits per heavy atom. The molecule has 0 aromatic rings. The Morgan fingerprint density at radius 1 is 1.05 bits per heavy atom. The molecule has 0 aliphatic carbocycles. The Hall–Kier alpha value is -0.690. The molecule has 0 saturated heterocycles. The maximum atomic E-state index is 10.8. The highest BCUT2D eigenvalue weighted by Crippen LogP contribution is 2.10. The van der Waals surface area contributed by atoms with Gasteiger partial charge in [0.15, 0.2) is 0 Å². The van der Waals surface area contributed by atoms with Crippen LogP contribution in [0.2, 0.25) is 0 Å². The van der Waals surface area contributed by atoms with Crippen molar-refractivity contribution in [3.05, 3.63) is 0 Å². The van der Waals surface area contributed by atoms with Crippen LogP contribution in [0.5, 0.6) is 0 Å². The summed E-state index contributed by atoms with van der Waals surface area (Å²) >= 11 is 0. The van der Waals surface area contributed by atoms with Crippen LogP contribution in [0.1, 0.15) is 32.6 Å². The molecule has 6 nitrogen and oxygen atoms in total. The first kappa shape index (κ1) is 18.3. The molecule has 0 fully saturated rings. The van der Waals surface area contributed by atoms with Crippen LogP contribution in [-0.2, 0) is 19.0 Å². The van der Waals surface area contributed by atoms with Gasteiger partial charge in [-0.3, -0.25) is 4.79 Å². The van der Waals surface area contributed by atoms with Crippen LogP contribution in [0.3, 0.4) is 0 Å². The van der Waals surface area contributed by atoms with E-state index in [0.29, 0.717) is 39.5 Å². The molecule has 0 aliphatic heterocycles. The molecule has 0 amide bonds. The highest BCUT2D eigenvalue weighted by atomic mass is 16.5. The number of nitrogens with two attached hydrogens (primary N) is 1. The van der Waals surface area contributed by atoms with Gasteiger partial charge in [0, 0.05) is 26.9 Å². The Bertz CT molecular complexity index is 233. The van der Waals surface area contributed by atoms with Crippen LogP contribution in [0.25, 0.3) is 0 Å². The predicted octanol–water partition coefficient (Wildman–Crippen LogP) is 1.03. The Labute approximate surface area is 115 Å². The molecule has 19 heavy (non-hydrogen) atoms. The molecule has 6 heteroatoms. The van der Waals surface area contributed by atoms with Gasteiger partial charge in [0.1, 0.15) is 5.54 Å². The molecule has 0 aromatic heterocycles. The van der Waals surface area contributed by atoms with Gasteiger partial charge >= 0.3 is 5.97 Å². The van der Waals surface area contributed by atoms with Gasteiger partial charge in [-0.05, 0) is 32.6 Å². The number of ether oxygens (including phenoxy) is 3. The third-order valence-corrected chi connectivity index (χ3v) is 2.73. The van der Waals surface area contributed by atoms with Crippen LogP contribution < -0.4 is 5.73 Å². The second-order valence-electron chi connectivity index (χ2n) is 4.75. The molecule has 3 N–H and O–H groups in total. The van der Waals surface area contributed by atoms with E-state index in [4.69, 9.17) is 25.1 Å². The lowest BCUT2D eigenvalue weighted by molar-refractivity contribution is -0.142. The largest absolute Gasteiger partial charge is 0.480 e. The molecule has 1 atom stereocenters. The molecule has 0 bridgehead atoms. The molecule has 0 rings (SSSR count). The summed E-state index contributed by atoms with van der Waals surface area (Å²) in [4.78, 5) is 10.8. The Morgan fingerprint density at radius 3 is 2.16 bits per heavy atom. The van der Waals surface area contributed by atoms with Gasteiger partial charge in [0.25, 0.3) is 0 Å². The van der Waals surface area contributed by atoms with Gasteiger partial charge < -0.3 is 25.1 Å². The monoisotopic (exact) mass is 277 g/mol. The number of methoxy groups -OCH3 is 1. The van der Waals surface area contributed by atoms with E-state index in [9.17, 15) is 4.79 Å². The minimum Gasteiger partial charge on any atom is -0.480 e. The van der Waals surface area contributed by atoms with Gasteiger partial charge in [-0.25, -0.2) is 0 Å². The lowest BCUT2D eigenvalue weighted by Crippen LogP contribution is -2.44. The van der Waals surface area contributed by atoms with Gasteiger partial charge in [-0.2, -0.15) is 0 Å². The first-order valence-electron chi connectivity index (χ1n) is 6.67. The Kier molecular flexibility index (Phi) is 10.8. The van der Waals surface area contributed by atoms with Crippen molar-refractivity contribution in [2.45, 2.75) is 38.1 Å². The standard InChI is InChI=1S/C13H27NO5/c1-13(14,12(15)16)6-3-4-8-18-10-11-19-9-5-7-17-2/h3-11,14H2,1-2H3,(H,15,16). The summed E-state index contributed by atoms with van der Waals surface area (Å²) in [6.07, 6.45) is 2.90. The summed E-state index contributed by atoms with van der Waals surface area (Å²) in [5.41, 5.74) is 4.47. The van der Waals surface area contributed by atoms with Crippen molar-refractivity contribution >= 4 is 5.97 Å². The quantitative estimate of drug-likeness (QED) is 0.489. The molecule has 0 saturated carbocycles. The molecule has 0 heterocycles. The number of rotatable bonds is 13. The number of aliphatic carboxylic acids is 1. The van der Waals surface area contributed by atoms with Crippen molar-refractivity contribution in [1.29, 1.82) is 0 Å². The van der Waals surface area contributed by atoms with E-state index in [1.54, 1.807) is 7.11 Å². The number of carbonyl (C=O) groups is 1. The van der Waals surface area contributed by atoms with Crippen LogP contribution in [-0.4, -0.2) is 56.8 Å². The summed E-state index contributed by atoms with van der Waals surface area (Å²) in [5, 5.41) is 8.82. The molecule has 0 radical (unpaired) electrons. The topological polar surface area (TPSA) is 91.0 Å². The van der Waals surface area contributed by atoms with Crippen molar-refractivity contribution in [3.63, 3.8) is 0 Å². The van der Waals surface area contributed by atoms with Crippen molar-refractivity contribution in [2.75, 3.05) is 40.1 Å². The maximum absolute atomic E-state index is 10.8. The molecule has 1 unspecified atom stereocenters. The second kappa shape index (κ2) is 11.2. The lowest BCUT2D eigenvalue weighted by Gasteiger charge is -2.18. The predicted molar refractivity (Wildman–Crippen MR) is 72.2 cm³/mol. The molecular weight excluding hydrogens is 250 g/mol. The summed E-state index contributed by atoms with van der Waals surface area (Å²) < 4.78 is 15.6. The van der Waals surface area contributed by atoms with Gasteiger partial charge in [-0.1, -0.05) is 0 Å². The highest BCUT2D eigenvalue weighted by molar-refractivity contribution is 5.77. The highest BCUT2D eigenvalue weighted by Gasteiger charge is 2.26. The van der Waals surface area contributed by atoms with E-state index in [1.165, 1.54) is 6.92 Å². The van der Waals surface area contributed by atoms with E-state index in [-0.39, 0.29) is 0 Å². The number of carboxylic acids is 1. The molecular formula is C13H27NO5. The fraction of sp³-hybridized carbons (Fsp3) is 0.923. The first-order chi connectivity index (χ1) is 9.00. The SMILES string of the molecule is COCCCOCCOCCCCC(C)(N)C(=O)O. The zero-order chi connectivity index (χ0) is 14.6. The van der Waals surface area contributed by atoms with E-state index in [1.807, 2.05) is 0 Å². The van der Waals surface area contributed by atoms with E-state index >= 15 is 0 Å². The summed E-state index contributed by atoms with van der Waals surface area (Å²) in [7, 11) is 1.67. The zero-order valence-corrected chi connectivity index (χ0v) is 12.0. The molecule has 0 spiro atoms. The summed E-state index contributed by atoms with van der Waals surface area (Å²) in [6, 6.07) is 0. The van der Waals surface area contributed by atoms with Crippen LogP contribution in [0.4, 0.5) is 0 Å². The third-order valence-electron chi connectivity index (χ3n) is 2.73. The molecule has 114 valence electrons. The fourth-order valence-corrected chi connectivity index (χ4v) is 1.43. The third kappa shape index (κ3) is 10.9. The average Bonchev–Trinajstić information content (AvgIpc) is 2.35. The summed E-state index contributed by atoms with van der Waals surface area (Å²) in [6.45, 7) is 4.67. The van der Waals surface area contributed by atoms with Crippen LogP contribution in [0, 0.1) is 0 Å². The first-order valence-corrected chi connectivity index (χ1v) is 6.67. The van der Waals surface area contributed by atoms with E-state index in [2.05, 4.69) is 0 Å². The van der Waals surface area contributed by atoms with Gasteiger partial charge in [-0.15, -0.1) is 0 Å². The van der Waals surface area contributed by atoms with Gasteiger partial charge in [0.05, 0.1) is 13.2 Å². The number of hydrogen-bond donors (Lipinski definition) is 2. The van der Waals surface area contributed by atoms with Crippen LogP contribution >= 0.6 is 0 Å². The number of unbranched alkanes of at least 4 members (excludes halogenated alkanes) is 1. The molecule has 0 aliphatic rings. The Balaban J connectivity index is 3.21. The smallest absolute Gasteiger partial charge is 0.323 e. The second-order valence-corrected chi connectivity index (χ2v) is 4.75. The minimum atomic E-state index is -1.13.